The van der Waals surface area contributed by atoms with E-state index >= 15 is 0 Å². The van der Waals surface area contributed by atoms with Gasteiger partial charge < -0.3 is 20.7 Å². The Bertz CT molecular complexity index is 517. The maximum Gasteiger partial charge on any atom is 0.190 e. The van der Waals surface area contributed by atoms with Crippen molar-refractivity contribution < 1.29 is 5.21 Å². The molecule has 2 aliphatic heterocycles. The SMILES string of the molecule is CN1CCCC2CN(c3cnc(C(N)=NO)cn3)CCC21. The van der Waals surface area contributed by atoms with Gasteiger partial charge in [-0.15, -0.1) is 0 Å². The lowest BCUT2D eigenvalue weighted by Crippen LogP contribution is -2.52. The van der Waals surface area contributed by atoms with E-state index < -0.39 is 0 Å². The Hall–Kier alpha value is -1.89. The van der Waals surface area contributed by atoms with Crippen LogP contribution in [0.1, 0.15) is 25.0 Å². The van der Waals surface area contributed by atoms with Crippen LogP contribution in [-0.2, 0) is 0 Å². The Balaban J connectivity index is 1.70. The molecule has 3 heterocycles. The molecule has 2 aliphatic rings. The molecule has 2 unspecified atom stereocenters. The van der Waals surface area contributed by atoms with Gasteiger partial charge in [0.05, 0.1) is 12.4 Å². The number of rotatable bonds is 2. The summed E-state index contributed by atoms with van der Waals surface area (Å²) >= 11 is 0. The minimum absolute atomic E-state index is 0.0123. The van der Waals surface area contributed by atoms with Crippen LogP contribution in [0.3, 0.4) is 0 Å². The fraction of sp³-hybridized carbons (Fsp3) is 0.643. The van der Waals surface area contributed by atoms with E-state index in [0.717, 1.165) is 18.9 Å². The summed E-state index contributed by atoms with van der Waals surface area (Å²) in [5.41, 5.74) is 5.90. The van der Waals surface area contributed by atoms with Gasteiger partial charge in [-0.05, 0) is 38.8 Å². The number of fused-ring (bicyclic) bond motifs is 1. The number of nitrogens with two attached hydrogens (primary N) is 1. The first-order valence-corrected chi connectivity index (χ1v) is 7.44. The van der Waals surface area contributed by atoms with E-state index in [9.17, 15) is 0 Å². The molecule has 1 aromatic rings. The lowest BCUT2D eigenvalue weighted by molar-refractivity contribution is 0.102. The highest BCUT2D eigenvalue weighted by Gasteiger charge is 2.34. The summed E-state index contributed by atoms with van der Waals surface area (Å²) in [5.74, 6) is 1.57. The van der Waals surface area contributed by atoms with Crippen LogP contribution in [-0.4, -0.2) is 58.6 Å². The Labute approximate surface area is 124 Å². The van der Waals surface area contributed by atoms with Crippen molar-refractivity contribution in [2.24, 2.45) is 16.8 Å². The fourth-order valence-electron chi connectivity index (χ4n) is 3.53. The molecule has 0 amide bonds. The number of oxime groups is 1. The Morgan fingerprint density at radius 3 is 2.90 bits per heavy atom. The highest BCUT2D eigenvalue weighted by molar-refractivity contribution is 5.94. The average Bonchev–Trinajstić information content (AvgIpc) is 2.54. The number of hydrogen-bond donors (Lipinski definition) is 2. The number of likely N-dealkylation sites (tertiary alicyclic amines) is 1. The number of aromatic nitrogens is 2. The lowest BCUT2D eigenvalue weighted by atomic mass is 9.84. The molecule has 21 heavy (non-hydrogen) atoms. The summed E-state index contributed by atoms with van der Waals surface area (Å²) in [6, 6.07) is 0.708. The molecule has 1 aromatic heterocycles. The summed E-state index contributed by atoms with van der Waals surface area (Å²) in [7, 11) is 2.23. The molecule has 0 bridgehead atoms. The lowest BCUT2D eigenvalue weighted by Gasteiger charge is -2.46. The van der Waals surface area contributed by atoms with Gasteiger partial charge in [0.1, 0.15) is 11.5 Å². The van der Waals surface area contributed by atoms with Crippen molar-refractivity contribution in [3.05, 3.63) is 18.1 Å². The highest BCUT2D eigenvalue weighted by atomic mass is 16.4. The third-order valence-electron chi connectivity index (χ3n) is 4.68. The van der Waals surface area contributed by atoms with Gasteiger partial charge in [-0.25, -0.2) is 9.97 Å². The maximum atomic E-state index is 8.64. The monoisotopic (exact) mass is 290 g/mol. The quantitative estimate of drug-likeness (QED) is 0.356. The Morgan fingerprint density at radius 1 is 1.33 bits per heavy atom. The second-order valence-corrected chi connectivity index (χ2v) is 5.93. The van der Waals surface area contributed by atoms with Crippen LogP contribution in [0.25, 0.3) is 0 Å². The third-order valence-corrected chi connectivity index (χ3v) is 4.68. The zero-order valence-electron chi connectivity index (χ0n) is 12.3. The van der Waals surface area contributed by atoms with E-state index in [1.54, 1.807) is 12.4 Å². The van der Waals surface area contributed by atoms with E-state index in [1.807, 2.05) is 0 Å². The van der Waals surface area contributed by atoms with Gasteiger partial charge in [0.2, 0.25) is 0 Å². The fourth-order valence-corrected chi connectivity index (χ4v) is 3.53. The molecule has 2 fully saturated rings. The van der Waals surface area contributed by atoms with Crippen LogP contribution in [0.2, 0.25) is 0 Å². The molecule has 3 N–H and O–H groups in total. The van der Waals surface area contributed by atoms with Gasteiger partial charge in [-0.3, -0.25) is 0 Å². The van der Waals surface area contributed by atoms with Crippen LogP contribution in [0.4, 0.5) is 5.82 Å². The summed E-state index contributed by atoms with van der Waals surface area (Å²) < 4.78 is 0. The number of amidine groups is 1. The standard InChI is InChI=1S/C14H22N6O/c1-19-5-2-3-10-9-20(6-4-12(10)19)13-8-16-11(7-17-13)14(15)18-21/h7-8,10,12,21H,2-6,9H2,1H3,(H2,15,18). The zero-order chi connectivity index (χ0) is 14.8. The highest BCUT2D eigenvalue weighted by Crippen LogP contribution is 2.31. The van der Waals surface area contributed by atoms with E-state index in [4.69, 9.17) is 10.9 Å². The Kier molecular flexibility index (Phi) is 3.92. The largest absolute Gasteiger partial charge is 0.409 e. The second kappa shape index (κ2) is 5.85. The summed E-state index contributed by atoms with van der Waals surface area (Å²) in [4.78, 5) is 13.4. The van der Waals surface area contributed by atoms with Crippen molar-refractivity contribution in [1.82, 2.24) is 14.9 Å². The van der Waals surface area contributed by atoms with Gasteiger partial charge in [0.15, 0.2) is 5.84 Å². The van der Waals surface area contributed by atoms with E-state index in [-0.39, 0.29) is 5.84 Å². The smallest absolute Gasteiger partial charge is 0.190 e. The topological polar surface area (TPSA) is 90.9 Å². The molecule has 0 spiro atoms. The molecule has 114 valence electrons. The summed E-state index contributed by atoms with van der Waals surface area (Å²) in [6.45, 7) is 3.26. The van der Waals surface area contributed by atoms with Crippen LogP contribution in [0.15, 0.2) is 17.5 Å². The molecule has 0 radical (unpaired) electrons. The molecule has 7 nitrogen and oxygen atoms in total. The first-order valence-electron chi connectivity index (χ1n) is 7.44. The normalized spacial score (nSPS) is 27.5. The summed E-state index contributed by atoms with van der Waals surface area (Å²) in [6.07, 6.45) is 7.01. The number of hydrogen-bond acceptors (Lipinski definition) is 6. The van der Waals surface area contributed by atoms with Crippen LogP contribution in [0, 0.1) is 5.92 Å². The van der Waals surface area contributed by atoms with Gasteiger partial charge in [0, 0.05) is 19.1 Å². The molecular formula is C14H22N6O. The predicted molar refractivity (Wildman–Crippen MR) is 80.5 cm³/mol. The molecule has 2 saturated heterocycles. The first kappa shape index (κ1) is 14.1. The minimum atomic E-state index is -0.0123. The molecule has 7 heteroatoms. The van der Waals surface area contributed by atoms with Crippen molar-refractivity contribution >= 4 is 11.7 Å². The van der Waals surface area contributed by atoms with Gasteiger partial charge in [-0.1, -0.05) is 5.16 Å². The average molecular weight is 290 g/mol. The van der Waals surface area contributed by atoms with Crippen LogP contribution < -0.4 is 10.6 Å². The van der Waals surface area contributed by atoms with E-state index in [2.05, 4.69) is 32.0 Å². The molecule has 0 saturated carbocycles. The van der Waals surface area contributed by atoms with Crippen LogP contribution >= 0.6 is 0 Å². The predicted octanol–water partition coefficient (Wildman–Crippen LogP) is 0.492. The van der Waals surface area contributed by atoms with Crippen LogP contribution in [0.5, 0.6) is 0 Å². The molecule has 0 aromatic carbocycles. The van der Waals surface area contributed by atoms with Crippen molar-refractivity contribution in [2.45, 2.75) is 25.3 Å². The Morgan fingerprint density at radius 2 is 2.19 bits per heavy atom. The van der Waals surface area contributed by atoms with Crippen molar-refractivity contribution in [3.63, 3.8) is 0 Å². The summed E-state index contributed by atoms with van der Waals surface area (Å²) in [5, 5.41) is 11.6. The zero-order valence-corrected chi connectivity index (χ0v) is 12.3. The third kappa shape index (κ3) is 2.78. The molecular weight excluding hydrogens is 268 g/mol. The van der Waals surface area contributed by atoms with Gasteiger partial charge in [-0.2, -0.15) is 0 Å². The van der Waals surface area contributed by atoms with Gasteiger partial charge in [0.25, 0.3) is 0 Å². The van der Waals surface area contributed by atoms with E-state index in [1.165, 1.54) is 25.8 Å². The van der Waals surface area contributed by atoms with Crippen molar-refractivity contribution in [3.8, 4) is 0 Å². The second-order valence-electron chi connectivity index (χ2n) is 5.93. The maximum absolute atomic E-state index is 8.64. The molecule has 0 aliphatic carbocycles. The molecule has 3 rings (SSSR count). The van der Waals surface area contributed by atoms with Crippen molar-refractivity contribution in [1.29, 1.82) is 0 Å². The number of nitrogens with zero attached hydrogens (tertiary/aromatic N) is 5. The van der Waals surface area contributed by atoms with Crippen molar-refractivity contribution in [2.75, 3.05) is 31.6 Å². The minimum Gasteiger partial charge on any atom is -0.409 e. The molecule has 2 atom stereocenters. The first-order chi connectivity index (χ1) is 10.2. The number of anilines is 1. The number of piperidine rings is 2. The van der Waals surface area contributed by atoms with Gasteiger partial charge >= 0.3 is 0 Å². The van der Waals surface area contributed by atoms with E-state index in [0.29, 0.717) is 17.7 Å².